The monoisotopic (exact) mass is 442 g/mol. The van der Waals surface area contributed by atoms with Crippen molar-refractivity contribution in [3.05, 3.63) is 35.0 Å². The van der Waals surface area contributed by atoms with Crippen molar-refractivity contribution in [2.75, 3.05) is 5.32 Å². The van der Waals surface area contributed by atoms with Crippen molar-refractivity contribution in [2.24, 2.45) is 0 Å². The van der Waals surface area contributed by atoms with Gasteiger partial charge in [0.15, 0.2) is 18.2 Å². The molecule has 10 heteroatoms. The van der Waals surface area contributed by atoms with Crippen LogP contribution in [0.2, 0.25) is 0 Å². The summed E-state index contributed by atoms with van der Waals surface area (Å²) in [6.07, 6.45) is 1.69. The maximum absolute atomic E-state index is 12.7. The number of H-pyrrole nitrogens is 1. The van der Waals surface area contributed by atoms with Crippen molar-refractivity contribution in [1.29, 1.82) is 0 Å². The van der Waals surface area contributed by atoms with E-state index in [2.05, 4.69) is 20.8 Å². The van der Waals surface area contributed by atoms with Crippen molar-refractivity contribution in [3.8, 4) is 11.5 Å². The summed E-state index contributed by atoms with van der Waals surface area (Å²) >= 11 is 0. The molecule has 2 heterocycles. The minimum atomic E-state index is -0.825. The van der Waals surface area contributed by atoms with Crippen LogP contribution in [0.1, 0.15) is 60.6 Å². The number of carbonyl (C=O) groups is 3. The third-order valence-electron chi connectivity index (χ3n) is 5.68. The summed E-state index contributed by atoms with van der Waals surface area (Å²) in [7, 11) is 0. The van der Waals surface area contributed by atoms with Gasteiger partial charge in [-0.3, -0.25) is 14.7 Å². The molecule has 32 heavy (non-hydrogen) atoms. The van der Waals surface area contributed by atoms with E-state index < -0.39 is 18.1 Å². The van der Waals surface area contributed by atoms with Crippen LogP contribution in [-0.4, -0.2) is 51.8 Å². The van der Waals surface area contributed by atoms with Crippen molar-refractivity contribution in [2.45, 2.75) is 63.7 Å². The lowest BCUT2D eigenvalue weighted by molar-refractivity contribution is -0.122. The lowest BCUT2D eigenvalue weighted by Crippen LogP contribution is -2.33. The van der Waals surface area contributed by atoms with Gasteiger partial charge in [-0.25, -0.2) is 4.79 Å². The maximum atomic E-state index is 12.7. The number of benzene rings is 1. The number of alkyl carbamates (subject to hydrolysis) is 1. The number of hydrogen-bond acceptors (Lipinski definition) is 7. The minimum Gasteiger partial charge on any atom is -0.507 e. The summed E-state index contributed by atoms with van der Waals surface area (Å²) in [4.78, 5) is 35.7. The molecule has 1 aliphatic heterocycles. The molecule has 4 N–H and O–H groups in total. The van der Waals surface area contributed by atoms with E-state index in [9.17, 15) is 19.5 Å². The Balaban J connectivity index is 1.33. The van der Waals surface area contributed by atoms with Gasteiger partial charge in [0.05, 0.1) is 5.56 Å². The third kappa shape index (κ3) is 4.53. The SMILES string of the molecule is CC(C)NC(=O)O[C@@H]1CC[C@H](c2cc(NC(=O)C3Cc4ccc(O)c(C=O)c4O3)n[nH]2)C1. The minimum absolute atomic E-state index is 0.0193. The number of nitrogens with one attached hydrogen (secondary N) is 3. The number of rotatable bonds is 6. The molecular formula is C22H26N4O6. The number of fused-ring (bicyclic) bond motifs is 1. The first kappa shape index (κ1) is 21.7. The Kier molecular flexibility index (Phi) is 6.02. The zero-order valence-electron chi connectivity index (χ0n) is 17.9. The second-order valence-corrected chi connectivity index (χ2v) is 8.45. The van der Waals surface area contributed by atoms with Crippen molar-refractivity contribution < 1.29 is 29.0 Å². The van der Waals surface area contributed by atoms with Crippen LogP contribution in [0.15, 0.2) is 18.2 Å². The average Bonchev–Trinajstić information content (AvgIpc) is 3.46. The lowest BCUT2D eigenvalue weighted by Gasteiger charge is -2.14. The van der Waals surface area contributed by atoms with Gasteiger partial charge < -0.3 is 25.2 Å². The number of aromatic amines is 1. The fourth-order valence-corrected chi connectivity index (χ4v) is 4.15. The largest absolute Gasteiger partial charge is 0.507 e. The highest BCUT2D eigenvalue weighted by Crippen LogP contribution is 2.37. The Bertz CT molecular complexity index is 1030. The highest BCUT2D eigenvalue weighted by molar-refractivity contribution is 5.95. The van der Waals surface area contributed by atoms with E-state index in [1.165, 1.54) is 6.07 Å². The molecule has 1 unspecified atom stereocenters. The normalized spacial score (nSPS) is 21.7. The van der Waals surface area contributed by atoms with Gasteiger partial charge in [-0.15, -0.1) is 0 Å². The zero-order valence-corrected chi connectivity index (χ0v) is 17.9. The number of aromatic hydroxyl groups is 1. The van der Waals surface area contributed by atoms with Crippen molar-refractivity contribution in [1.82, 2.24) is 15.5 Å². The second-order valence-electron chi connectivity index (χ2n) is 8.45. The summed E-state index contributed by atoms with van der Waals surface area (Å²) < 4.78 is 11.1. The molecule has 1 fully saturated rings. The molecule has 2 aromatic rings. The Morgan fingerprint density at radius 1 is 1.34 bits per heavy atom. The molecule has 1 aliphatic carbocycles. The molecule has 0 saturated heterocycles. The summed E-state index contributed by atoms with van der Waals surface area (Å²) in [6.45, 7) is 3.75. The van der Waals surface area contributed by atoms with Crippen LogP contribution in [0.3, 0.4) is 0 Å². The summed E-state index contributed by atoms with van der Waals surface area (Å²) in [5.41, 5.74) is 1.59. The van der Waals surface area contributed by atoms with Gasteiger partial charge in [-0.2, -0.15) is 5.10 Å². The maximum Gasteiger partial charge on any atom is 0.407 e. The fourth-order valence-electron chi connectivity index (χ4n) is 4.15. The predicted octanol–water partition coefficient (Wildman–Crippen LogP) is 2.64. The van der Waals surface area contributed by atoms with Crippen LogP contribution in [0, 0.1) is 0 Å². The van der Waals surface area contributed by atoms with Gasteiger partial charge >= 0.3 is 6.09 Å². The van der Waals surface area contributed by atoms with Gasteiger partial charge in [-0.05, 0) is 44.7 Å². The first-order chi connectivity index (χ1) is 15.3. The fraction of sp³-hybridized carbons (Fsp3) is 0.455. The zero-order chi connectivity index (χ0) is 22.8. The number of aromatic nitrogens is 2. The number of carbonyl (C=O) groups excluding carboxylic acids is 3. The molecule has 1 aromatic heterocycles. The Labute approximate surface area is 184 Å². The Morgan fingerprint density at radius 2 is 2.16 bits per heavy atom. The van der Waals surface area contributed by atoms with Crippen molar-refractivity contribution >= 4 is 24.1 Å². The molecule has 0 radical (unpaired) electrons. The molecule has 4 rings (SSSR count). The summed E-state index contributed by atoms with van der Waals surface area (Å²) in [5.74, 6) is 0.173. The molecule has 10 nitrogen and oxygen atoms in total. The smallest absolute Gasteiger partial charge is 0.407 e. The van der Waals surface area contributed by atoms with E-state index in [1.54, 1.807) is 12.1 Å². The molecular weight excluding hydrogens is 416 g/mol. The summed E-state index contributed by atoms with van der Waals surface area (Å²) in [5, 5.41) is 22.4. The molecule has 0 bridgehead atoms. The van der Waals surface area contributed by atoms with Crippen LogP contribution in [0.5, 0.6) is 11.5 Å². The van der Waals surface area contributed by atoms with Crippen LogP contribution >= 0.6 is 0 Å². The molecule has 170 valence electrons. The van der Waals surface area contributed by atoms with Gasteiger partial charge in [0.1, 0.15) is 17.6 Å². The highest BCUT2D eigenvalue weighted by atomic mass is 16.6. The Morgan fingerprint density at radius 3 is 2.91 bits per heavy atom. The topological polar surface area (TPSA) is 143 Å². The average molecular weight is 442 g/mol. The van der Waals surface area contributed by atoms with Gasteiger partial charge in [0.25, 0.3) is 5.91 Å². The van der Waals surface area contributed by atoms with Gasteiger partial charge in [0.2, 0.25) is 0 Å². The molecule has 2 amide bonds. The number of phenols is 1. The molecule has 0 spiro atoms. The third-order valence-corrected chi connectivity index (χ3v) is 5.68. The van der Waals surface area contributed by atoms with Crippen LogP contribution in [-0.2, 0) is 16.0 Å². The number of amides is 2. The first-order valence-electron chi connectivity index (χ1n) is 10.6. The molecule has 2 aliphatic rings. The summed E-state index contributed by atoms with van der Waals surface area (Å²) in [6, 6.07) is 4.84. The van der Waals surface area contributed by atoms with E-state index in [4.69, 9.17) is 9.47 Å². The number of hydrogen-bond donors (Lipinski definition) is 4. The molecule has 1 saturated carbocycles. The van der Waals surface area contributed by atoms with E-state index in [0.717, 1.165) is 18.5 Å². The Hall–Kier alpha value is -3.56. The van der Waals surface area contributed by atoms with Crippen LogP contribution in [0.4, 0.5) is 10.6 Å². The first-order valence-corrected chi connectivity index (χ1v) is 10.6. The number of ether oxygens (including phenoxy) is 2. The standard InChI is InChI=1S/C22H26N4O6/c1-11(2)23-22(30)31-14-5-3-12(7-14)16-9-19(26-25-16)24-21(29)18-8-13-4-6-17(28)15(10-27)20(13)32-18/h4,6,9-12,14,18,28H,3,5,7-8H2,1-2H3,(H,23,30)(H2,24,25,26,29)/t12-,14+,18?/m0/s1. The number of nitrogens with zero attached hydrogens (tertiary/aromatic N) is 1. The van der Waals surface area contributed by atoms with E-state index in [1.807, 2.05) is 13.8 Å². The highest BCUT2D eigenvalue weighted by Gasteiger charge is 2.33. The number of aldehydes is 1. The number of anilines is 1. The van der Waals surface area contributed by atoms with Gasteiger partial charge in [0, 0.05) is 30.1 Å². The van der Waals surface area contributed by atoms with Crippen LogP contribution in [0.25, 0.3) is 0 Å². The molecule has 3 atom stereocenters. The molecule has 1 aromatic carbocycles. The van der Waals surface area contributed by atoms with Crippen LogP contribution < -0.4 is 15.4 Å². The lowest BCUT2D eigenvalue weighted by atomic mass is 10.0. The van der Waals surface area contributed by atoms with E-state index >= 15 is 0 Å². The predicted molar refractivity (Wildman–Crippen MR) is 114 cm³/mol. The van der Waals surface area contributed by atoms with E-state index in [0.29, 0.717) is 30.5 Å². The quantitative estimate of drug-likeness (QED) is 0.504. The van der Waals surface area contributed by atoms with Crippen molar-refractivity contribution in [3.63, 3.8) is 0 Å². The second kappa shape index (κ2) is 8.89. The number of phenolic OH excluding ortho intramolecular Hbond substituents is 1. The van der Waals surface area contributed by atoms with Gasteiger partial charge in [-0.1, -0.05) is 6.07 Å². The van der Waals surface area contributed by atoms with E-state index in [-0.39, 0.29) is 35.1 Å².